The van der Waals surface area contributed by atoms with Crippen LogP contribution < -0.4 is 5.32 Å². The average Bonchev–Trinajstić information content (AvgIpc) is 2.81. The first-order valence-corrected chi connectivity index (χ1v) is 11.3. The van der Waals surface area contributed by atoms with Crippen LogP contribution in [0.2, 0.25) is 0 Å². The summed E-state index contributed by atoms with van der Waals surface area (Å²) in [5.41, 5.74) is 2.47. The number of hydrogen-bond acceptors (Lipinski definition) is 4. The van der Waals surface area contributed by atoms with Gasteiger partial charge in [-0.3, -0.25) is 19.8 Å². The number of unbranched alkanes of at least 4 members (excludes halogenated alkanes) is 1. The van der Waals surface area contributed by atoms with E-state index < -0.39 is 4.92 Å². The Morgan fingerprint density at radius 2 is 1.75 bits per heavy atom. The van der Waals surface area contributed by atoms with Gasteiger partial charge in [-0.2, -0.15) is 0 Å². The topological polar surface area (TPSA) is 75.5 Å². The van der Waals surface area contributed by atoms with Crippen LogP contribution in [0.15, 0.2) is 66.7 Å². The Labute approximate surface area is 189 Å². The van der Waals surface area contributed by atoms with Gasteiger partial charge in [0.2, 0.25) is 5.91 Å². The molecule has 0 spiro atoms. The van der Waals surface area contributed by atoms with E-state index >= 15 is 0 Å². The molecule has 0 unspecified atom stereocenters. The van der Waals surface area contributed by atoms with E-state index in [1.807, 2.05) is 0 Å². The number of rotatable bonds is 12. The van der Waals surface area contributed by atoms with E-state index in [9.17, 15) is 14.9 Å². The Balaban J connectivity index is 1.35. The molecule has 1 N–H and O–H groups in total. The smallest absolute Gasteiger partial charge is 0.269 e. The third-order valence-corrected chi connectivity index (χ3v) is 5.74. The molecule has 0 aliphatic carbocycles. The van der Waals surface area contributed by atoms with Crippen LogP contribution in [0.1, 0.15) is 37.3 Å². The maximum atomic E-state index is 12.2. The quantitative estimate of drug-likeness (QED) is 0.245. The second-order valence-corrected chi connectivity index (χ2v) is 7.99. The van der Waals surface area contributed by atoms with E-state index in [1.165, 1.54) is 28.5 Å². The number of benzene rings is 3. The number of hydrogen-bond donors (Lipinski definition) is 1. The Bertz CT molecular complexity index is 1030. The van der Waals surface area contributed by atoms with Gasteiger partial charge >= 0.3 is 0 Å². The molecule has 6 nitrogen and oxygen atoms in total. The third kappa shape index (κ3) is 6.89. The summed E-state index contributed by atoms with van der Waals surface area (Å²) in [7, 11) is 0. The number of likely N-dealkylation sites (N-methyl/N-ethyl adjacent to an activating group) is 1. The molecule has 3 rings (SSSR count). The number of fused-ring (bicyclic) bond motifs is 1. The van der Waals surface area contributed by atoms with E-state index in [4.69, 9.17) is 0 Å². The molecule has 0 aliphatic heterocycles. The first-order chi connectivity index (χ1) is 15.6. The number of carbonyl (C=O) groups is 1. The van der Waals surface area contributed by atoms with Gasteiger partial charge in [0.1, 0.15) is 0 Å². The Morgan fingerprint density at radius 1 is 1.00 bits per heavy atom. The fraction of sp³-hybridized carbons (Fsp3) is 0.346. The molecule has 0 bridgehead atoms. The molecule has 0 heterocycles. The number of nitrogens with one attached hydrogen (secondary N) is 1. The molecule has 168 valence electrons. The third-order valence-electron chi connectivity index (χ3n) is 5.74. The van der Waals surface area contributed by atoms with Crippen LogP contribution in [0.4, 0.5) is 5.69 Å². The Morgan fingerprint density at radius 3 is 2.50 bits per heavy atom. The summed E-state index contributed by atoms with van der Waals surface area (Å²) in [4.78, 5) is 24.8. The van der Waals surface area contributed by atoms with Crippen molar-refractivity contribution in [2.45, 2.75) is 39.2 Å². The number of carbonyl (C=O) groups excluding carboxylic acids is 1. The van der Waals surface area contributed by atoms with E-state index in [0.717, 1.165) is 44.5 Å². The van der Waals surface area contributed by atoms with Crippen LogP contribution in [-0.4, -0.2) is 35.4 Å². The van der Waals surface area contributed by atoms with Gasteiger partial charge in [0.05, 0.1) is 4.92 Å². The molecule has 3 aromatic carbocycles. The number of aryl methyl sites for hydroxylation is 1. The van der Waals surface area contributed by atoms with Crippen molar-refractivity contribution in [2.24, 2.45) is 0 Å². The molecule has 0 aliphatic rings. The molecule has 32 heavy (non-hydrogen) atoms. The van der Waals surface area contributed by atoms with E-state index in [0.29, 0.717) is 13.0 Å². The Hall–Kier alpha value is -3.25. The van der Waals surface area contributed by atoms with Crippen LogP contribution in [0.25, 0.3) is 10.8 Å². The summed E-state index contributed by atoms with van der Waals surface area (Å²) < 4.78 is 0. The number of amides is 1. The molecular weight excluding hydrogens is 402 g/mol. The lowest BCUT2D eigenvalue weighted by molar-refractivity contribution is -0.384. The summed E-state index contributed by atoms with van der Waals surface area (Å²) >= 11 is 0. The molecule has 0 aromatic heterocycles. The number of nitro benzene ring substituents is 1. The lowest BCUT2D eigenvalue weighted by atomic mass is 10.0. The summed E-state index contributed by atoms with van der Waals surface area (Å²) in [6.45, 7) is 5.39. The first kappa shape index (κ1) is 23.4. The fourth-order valence-electron chi connectivity index (χ4n) is 3.86. The zero-order chi connectivity index (χ0) is 22.8. The van der Waals surface area contributed by atoms with Crippen molar-refractivity contribution in [1.82, 2.24) is 10.2 Å². The van der Waals surface area contributed by atoms with Crippen molar-refractivity contribution in [3.05, 3.63) is 88.0 Å². The van der Waals surface area contributed by atoms with Crippen molar-refractivity contribution >= 4 is 22.4 Å². The monoisotopic (exact) mass is 433 g/mol. The minimum Gasteiger partial charge on any atom is -0.355 e. The number of non-ortho nitro benzene ring substituents is 1. The van der Waals surface area contributed by atoms with E-state index in [-0.39, 0.29) is 11.6 Å². The van der Waals surface area contributed by atoms with Crippen molar-refractivity contribution in [3.63, 3.8) is 0 Å². The van der Waals surface area contributed by atoms with Crippen LogP contribution in [-0.2, 0) is 17.8 Å². The number of nitrogens with zero attached hydrogens (tertiary/aromatic N) is 2. The maximum absolute atomic E-state index is 12.2. The van der Waals surface area contributed by atoms with Gasteiger partial charge in [-0.15, -0.1) is 0 Å². The van der Waals surface area contributed by atoms with E-state index in [2.05, 4.69) is 59.6 Å². The minimum absolute atomic E-state index is 0.0786. The zero-order valence-corrected chi connectivity index (χ0v) is 18.6. The molecule has 0 saturated heterocycles. The standard InChI is InChI=1S/C26H31N3O3/c1-2-28(20-23-11-7-10-22-9-4-5-12-25(22)23)19-18-27-26(30)13-6-3-8-21-14-16-24(17-15-21)29(31)32/h4-5,7,9-12,14-17H,2-3,6,8,13,18-20H2,1H3,(H,27,30). The second-order valence-electron chi connectivity index (χ2n) is 7.99. The largest absolute Gasteiger partial charge is 0.355 e. The van der Waals surface area contributed by atoms with Gasteiger partial charge in [-0.25, -0.2) is 0 Å². The first-order valence-electron chi connectivity index (χ1n) is 11.3. The molecular formula is C26H31N3O3. The highest BCUT2D eigenvalue weighted by Crippen LogP contribution is 2.20. The maximum Gasteiger partial charge on any atom is 0.269 e. The van der Waals surface area contributed by atoms with Gasteiger partial charge < -0.3 is 5.32 Å². The molecule has 0 radical (unpaired) electrons. The molecule has 0 atom stereocenters. The predicted octanol–water partition coefficient (Wildman–Crippen LogP) is 5.10. The van der Waals surface area contributed by atoms with Crippen molar-refractivity contribution in [2.75, 3.05) is 19.6 Å². The van der Waals surface area contributed by atoms with Gasteiger partial charge in [0.25, 0.3) is 5.69 Å². The second kappa shape index (κ2) is 12.0. The molecule has 0 saturated carbocycles. The number of nitro groups is 1. The summed E-state index contributed by atoms with van der Waals surface area (Å²) in [6.07, 6.45) is 3.01. The highest BCUT2D eigenvalue weighted by atomic mass is 16.6. The van der Waals surface area contributed by atoms with Gasteiger partial charge in [-0.05, 0) is 47.7 Å². The molecule has 6 heteroatoms. The fourth-order valence-corrected chi connectivity index (χ4v) is 3.86. The van der Waals surface area contributed by atoms with Gasteiger partial charge in [0.15, 0.2) is 0 Å². The molecule has 3 aromatic rings. The summed E-state index contributed by atoms with van der Waals surface area (Å²) in [5, 5.41) is 16.3. The van der Waals surface area contributed by atoms with Gasteiger partial charge in [-0.1, -0.05) is 61.5 Å². The average molecular weight is 434 g/mol. The normalized spacial score (nSPS) is 11.1. The lowest BCUT2D eigenvalue weighted by Gasteiger charge is -2.21. The van der Waals surface area contributed by atoms with E-state index in [1.54, 1.807) is 12.1 Å². The molecule has 0 fully saturated rings. The highest BCUT2D eigenvalue weighted by Gasteiger charge is 2.08. The predicted molar refractivity (Wildman–Crippen MR) is 129 cm³/mol. The molecule has 1 amide bonds. The van der Waals surface area contributed by atoms with Crippen LogP contribution in [0.3, 0.4) is 0 Å². The van der Waals surface area contributed by atoms with Crippen molar-refractivity contribution in [1.29, 1.82) is 0 Å². The Kier molecular flexibility index (Phi) is 8.75. The van der Waals surface area contributed by atoms with Crippen LogP contribution in [0.5, 0.6) is 0 Å². The SMILES string of the molecule is CCN(CCNC(=O)CCCCc1ccc([N+](=O)[O-])cc1)Cc1cccc2ccccc12. The zero-order valence-electron chi connectivity index (χ0n) is 18.6. The van der Waals surface area contributed by atoms with Crippen molar-refractivity contribution < 1.29 is 9.72 Å². The van der Waals surface area contributed by atoms with Crippen LogP contribution in [0, 0.1) is 10.1 Å². The summed E-state index contributed by atoms with van der Waals surface area (Å²) in [5.74, 6) is 0.0786. The van der Waals surface area contributed by atoms with Crippen molar-refractivity contribution in [3.8, 4) is 0 Å². The summed E-state index contributed by atoms with van der Waals surface area (Å²) in [6, 6.07) is 21.5. The van der Waals surface area contributed by atoms with Gasteiger partial charge in [0, 0.05) is 38.2 Å². The minimum atomic E-state index is -0.393. The highest BCUT2D eigenvalue weighted by molar-refractivity contribution is 5.85. The lowest BCUT2D eigenvalue weighted by Crippen LogP contribution is -2.34. The van der Waals surface area contributed by atoms with Crippen LogP contribution >= 0.6 is 0 Å².